The van der Waals surface area contributed by atoms with E-state index in [9.17, 15) is 9.90 Å². The number of aliphatic hydroxyl groups excluding tert-OH is 1. The molecule has 1 amide bonds. The number of carbonyl (C=O) groups excluding carboxylic acids is 1. The fourth-order valence-electron chi connectivity index (χ4n) is 6.30. The number of hydrogen-bond donors (Lipinski definition) is 2. The molecule has 1 aliphatic carbocycles. The van der Waals surface area contributed by atoms with E-state index in [1.165, 1.54) is 0 Å². The third-order valence-corrected chi connectivity index (χ3v) is 9.16. The van der Waals surface area contributed by atoms with Gasteiger partial charge in [0.15, 0.2) is 0 Å². The van der Waals surface area contributed by atoms with Crippen molar-refractivity contribution in [1.82, 2.24) is 19.7 Å². The maximum Gasteiger partial charge on any atom is 0.229 e. The monoisotopic (exact) mass is 537 g/mol. The van der Waals surface area contributed by atoms with Gasteiger partial charge in [0.05, 0.1) is 24.9 Å². The summed E-state index contributed by atoms with van der Waals surface area (Å²) in [5.41, 5.74) is 1.95. The Hall–Kier alpha value is -2.52. The molecular weight excluding hydrogens is 502 g/mol. The first kappa shape index (κ1) is 25.7. The van der Waals surface area contributed by atoms with Gasteiger partial charge in [0, 0.05) is 46.4 Å². The molecule has 8 nitrogen and oxygen atoms in total. The van der Waals surface area contributed by atoms with Crippen molar-refractivity contribution in [1.29, 1.82) is 0 Å². The van der Waals surface area contributed by atoms with Crippen molar-refractivity contribution in [3.05, 3.63) is 52.9 Å². The molecule has 0 spiro atoms. The summed E-state index contributed by atoms with van der Waals surface area (Å²) < 4.78 is 7.55. The largest absolute Gasteiger partial charge is 0.389 e. The van der Waals surface area contributed by atoms with Crippen LogP contribution in [0.15, 0.2) is 36.7 Å². The van der Waals surface area contributed by atoms with E-state index in [4.69, 9.17) is 16.3 Å². The second kappa shape index (κ2) is 9.90. The van der Waals surface area contributed by atoms with Gasteiger partial charge in [-0.3, -0.25) is 14.4 Å². The number of pyridine rings is 1. The van der Waals surface area contributed by atoms with E-state index in [1.54, 1.807) is 6.20 Å². The standard InChI is InChI=1S/C29H36ClN5O3/c1-17(2)35-25(4-7-32-35)22-13-23(22)28(37)33-27-12-19-10-21(24(30)11-20(19)14-31-27)18-5-8-34(9-6-18)29(3)16-38-15-26(29)36/h4,7,10-12,14,17-18,22-23,26,36H,5-6,8-9,13,15-16H2,1-3H3,(H,31,33,37)/t22-,23-,26+,29-/m0/s1. The number of benzene rings is 1. The SMILES string of the molecule is CC(C)n1nccc1[C@H]1C[C@@H]1C(=O)Nc1cc2cc(C3CCN([C@@]4(C)COC[C@H]4O)CC3)c(Cl)cc2cn1. The Kier molecular flexibility index (Phi) is 6.71. The molecule has 2 N–H and O–H groups in total. The van der Waals surface area contributed by atoms with Gasteiger partial charge in [0.2, 0.25) is 5.91 Å². The highest BCUT2D eigenvalue weighted by molar-refractivity contribution is 6.32. The lowest BCUT2D eigenvalue weighted by atomic mass is 9.85. The molecule has 202 valence electrons. The highest BCUT2D eigenvalue weighted by Crippen LogP contribution is 2.48. The number of ether oxygens (including phenoxy) is 1. The van der Waals surface area contributed by atoms with Crippen molar-refractivity contribution < 1.29 is 14.6 Å². The lowest BCUT2D eigenvalue weighted by Crippen LogP contribution is -2.56. The fraction of sp³-hybridized carbons (Fsp3) is 0.552. The van der Waals surface area contributed by atoms with E-state index in [2.05, 4.69) is 47.1 Å². The van der Waals surface area contributed by atoms with Gasteiger partial charge in [0.25, 0.3) is 0 Å². The number of anilines is 1. The topological polar surface area (TPSA) is 92.5 Å². The Morgan fingerprint density at radius 2 is 2.03 bits per heavy atom. The number of likely N-dealkylation sites (tertiary alicyclic amines) is 1. The Bertz CT molecular complexity index is 1350. The molecule has 0 unspecified atom stereocenters. The zero-order valence-corrected chi connectivity index (χ0v) is 23.0. The average molecular weight is 538 g/mol. The summed E-state index contributed by atoms with van der Waals surface area (Å²) in [4.78, 5) is 19.9. The number of aromatic nitrogens is 3. The number of carbonyl (C=O) groups is 1. The molecule has 2 aromatic heterocycles. The fourth-order valence-corrected chi connectivity index (χ4v) is 6.63. The van der Waals surface area contributed by atoms with Gasteiger partial charge in [-0.15, -0.1) is 0 Å². The minimum absolute atomic E-state index is 0.00601. The summed E-state index contributed by atoms with van der Waals surface area (Å²) in [6.07, 6.45) is 5.92. The summed E-state index contributed by atoms with van der Waals surface area (Å²) in [6, 6.07) is 8.38. The number of nitrogens with one attached hydrogen (secondary N) is 1. The van der Waals surface area contributed by atoms with Crippen LogP contribution >= 0.6 is 11.6 Å². The first-order chi connectivity index (χ1) is 18.2. The Labute approximate surface area is 228 Å². The third-order valence-electron chi connectivity index (χ3n) is 8.83. The molecule has 9 heteroatoms. The van der Waals surface area contributed by atoms with Crippen molar-refractivity contribution >= 4 is 34.1 Å². The minimum atomic E-state index is -0.451. The number of aliphatic hydroxyl groups is 1. The van der Waals surface area contributed by atoms with Crippen LogP contribution in [0.5, 0.6) is 0 Å². The lowest BCUT2D eigenvalue weighted by molar-refractivity contribution is -0.117. The minimum Gasteiger partial charge on any atom is -0.389 e. The maximum atomic E-state index is 13.0. The van der Waals surface area contributed by atoms with Crippen molar-refractivity contribution in [2.24, 2.45) is 5.92 Å². The van der Waals surface area contributed by atoms with Crippen LogP contribution in [0, 0.1) is 5.92 Å². The van der Waals surface area contributed by atoms with E-state index in [0.717, 1.165) is 59.4 Å². The lowest BCUT2D eigenvalue weighted by Gasteiger charge is -2.43. The predicted octanol–water partition coefficient (Wildman–Crippen LogP) is 4.74. The van der Waals surface area contributed by atoms with Crippen LogP contribution in [0.2, 0.25) is 5.02 Å². The summed E-state index contributed by atoms with van der Waals surface area (Å²) in [6.45, 7) is 9.07. The summed E-state index contributed by atoms with van der Waals surface area (Å²) >= 11 is 6.75. The normalized spacial score (nSPS) is 28.3. The van der Waals surface area contributed by atoms with Crippen LogP contribution in [0.25, 0.3) is 10.8 Å². The van der Waals surface area contributed by atoms with Gasteiger partial charge in [-0.2, -0.15) is 5.10 Å². The first-order valence-corrected chi connectivity index (χ1v) is 14.1. The molecule has 4 atom stereocenters. The molecule has 3 fully saturated rings. The summed E-state index contributed by atoms with van der Waals surface area (Å²) in [5.74, 6) is 1.06. The number of hydrogen-bond acceptors (Lipinski definition) is 6. The molecular formula is C29H36ClN5O3. The van der Waals surface area contributed by atoms with Crippen molar-refractivity contribution in [2.75, 3.05) is 31.6 Å². The maximum absolute atomic E-state index is 13.0. The number of piperidine rings is 1. The van der Waals surface area contributed by atoms with Crippen molar-refractivity contribution in [2.45, 2.75) is 69.6 Å². The van der Waals surface area contributed by atoms with Gasteiger partial charge in [-0.25, -0.2) is 4.98 Å². The Balaban J connectivity index is 1.14. The molecule has 2 aliphatic heterocycles. The van der Waals surface area contributed by atoms with Crippen LogP contribution < -0.4 is 5.32 Å². The Morgan fingerprint density at radius 3 is 2.74 bits per heavy atom. The molecule has 0 bridgehead atoms. The van der Waals surface area contributed by atoms with Gasteiger partial charge < -0.3 is 15.2 Å². The molecule has 3 aliphatic rings. The first-order valence-electron chi connectivity index (χ1n) is 13.7. The van der Waals surface area contributed by atoms with Gasteiger partial charge in [0.1, 0.15) is 5.82 Å². The molecule has 38 heavy (non-hydrogen) atoms. The molecule has 0 radical (unpaired) electrons. The third kappa shape index (κ3) is 4.62. The molecule has 6 rings (SSSR count). The van der Waals surface area contributed by atoms with Crippen LogP contribution in [-0.4, -0.2) is 68.6 Å². The van der Waals surface area contributed by atoms with Crippen LogP contribution in [0.3, 0.4) is 0 Å². The molecule has 1 aromatic carbocycles. The zero-order valence-electron chi connectivity index (χ0n) is 22.2. The second-order valence-corrected chi connectivity index (χ2v) is 12.1. The van der Waals surface area contributed by atoms with Crippen LogP contribution in [-0.2, 0) is 9.53 Å². The molecule has 3 aromatic rings. The quantitative estimate of drug-likeness (QED) is 0.472. The van der Waals surface area contributed by atoms with Crippen LogP contribution in [0.1, 0.15) is 69.2 Å². The number of amides is 1. The number of fused-ring (bicyclic) bond motifs is 1. The predicted molar refractivity (Wildman–Crippen MR) is 148 cm³/mol. The van der Waals surface area contributed by atoms with E-state index in [-0.39, 0.29) is 29.3 Å². The molecule has 1 saturated carbocycles. The smallest absolute Gasteiger partial charge is 0.229 e. The van der Waals surface area contributed by atoms with Crippen molar-refractivity contribution in [3.8, 4) is 0 Å². The zero-order chi connectivity index (χ0) is 26.6. The number of halogens is 1. The number of nitrogens with zero attached hydrogens (tertiary/aromatic N) is 4. The summed E-state index contributed by atoms with van der Waals surface area (Å²) in [5, 5.41) is 20.6. The molecule has 4 heterocycles. The van der Waals surface area contributed by atoms with E-state index >= 15 is 0 Å². The van der Waals surface area contributed by atoms with Crippen LogP contribution in [0.4, 0.5) is 5.82 Å². The van der Waals surface area contributed by atoms with Gasteiger partial charge >= 0.3 is 0 Å². The van der Waals surface area contributed by atoms with Gasteiger partial charge in [-0.05, 0) is 94.3 Å². The molecule has 2 saturated heterocycles. The Morgan fingerprint density at radius 1 is 1.24 bits per heavy atom. The average Bonchev–Trinajstić information content (AvgIpc) is 3.40. The highest BCUT2D eigenvalue weighted by Gasteiger charge is 2.46. The second-order valence-electron chi connectivity index (χ2n) is 11.7. The highest BCUT2D eigenvalue weighted by atomic mass is 35.5. The van der Waals surface area contributed by atoms with E-state index in [0.29, 0.717) is 24.9 Å². The van der Waals surface area contributed by atoms with Gasteiger partial charge in [-0.1, -0.05) is 11.6 Å². The van der Waals surface area contributed by atoms with E-state index in [1.807, 2.05) is 29.1 Å². The van der Waals surface area contributed by atoms with E-state index < -0.39 is 6.10 Å². The number of rotatable bonds is 6. The van der Waals surface area contributed by atoms with Crippen molar-refractivity contribution in [3.63, 3.8) is 0 Å². The summed E-state index contributed by atoms with van der Waals surface area (Å²) in [7, 11) is 0.